The van der Waals surface area contributed by atoms with Crippen LogP contribution in [0.3, 0.4) is 0 Å². The van der Waals surface area contributed by atoms with Crippen molar-refractivity contribution in [3.05, 3.63) is 35.9 Å². The molecule has 2 nitrogen and oxygen atoms in total. The first-order chi connectivity index (χ1) is 9.58. The van der Waals surface area contributed by atoms with E-state index in [1.807, 2.05) is 0 Å². The Morgan fingerprint density at radius 1 is 1.15 bits per heavy atom. The number of hydrogen-bond acceptors (Lipinski definition) is 2. The van der Waals surface area contributed by atoms with E-state index in [1.54, 1.807) is 7.11 Å². The van der Waals surface area contributed by atoms with Crippen molar-refractivity contribution in [2.75, 3.05) is 13.7 Å². The molecular weight excluding hydrogens is 246 g/mol. The van der Waals surface area contributed by atoms with Gasteiger partial charge in [-0.05, 0) is 30.2 Å². The summed E-state index contributed by atoms with van der Waals surface area (Å²) in [5, 5.41) is 0. The van der Waals surface area contributed by atoms with Crippen molar-refractivity contribution in [2.45, 2.75) is 46.6 Å². The smallest absolute Gasteiger partial charge is 0.0772 e. The largest absolute Gasteiger partial charge is 0.382 e. The standard InChI is InChI=1S/C18H29NO/c1-6-15(4)18(14(2)3)19-17(13-20-5)12-16-10-8-7-9-11-16/h7-11,14-15,17H,6,12-13H2,1-5H3. The van der Waals surface area contributed by atoms with E-state index in [1.165, 1.54) is 11.3 Å². The molecule has 0 spiro atoms. The summed E-state index contributed by atoms with van der Waals surface area (Å²) in [6.07, 6.45) is 2.09. The number of hydrogen-bond donors (Lipinski definition) is 0. The van der Waals surface area contributed by atoms with Gasteiger partial charge in [0.15, 0.2) is 0 Å². The minimum atomic E-state index is 0.216. The Hall–Kier alpha value is -1.15. The van der Waals surface area contributed by atoms with Gasteiger partial charge in [-0.2, -0.15) is 0 Å². The molecule has 0 aliphatic heterocycles. The third-order valence-electron chi connectivity index (χ3n) is 3.71. The topological polar surface area (TPSA) is 21.6 Å². The lowest BCUT2D eigenvalue weighted by Gasteiger charge is -2.21. The monoisotopic (exact) mass is 275 g/mol. The quantitative estimate of drug-likeness (QED) is 0.645. The highest BCUT2D eigenvalue weighted by Crippen LogP contribution is 2.15. The number of methoxy groups -OCH3 is 1. The maximum atomic E-state index is 5.36. The van der Waals surface area contributed by atoms with E-state index in [0.717, 1.165) is 12.8 Å². The van der Waals surface area contributed by atoms with Crippen molar-refractivity contribution in [1.29, 1.82) is 0 Å². The van der Waals surface area contributed by atoms with E-state index in [-0.39, 0.29) is 6.04 Å². The van der Waals surface area contributed by atoms with Crippen LogP contribution in [0, 0.1) is 11.8 Å². The lowest BCUT2D eigenvalue weighted by atomic mass is 9.93. The Morgan fingerprint density at radius 2 is 1.80 bits per heavy atom. The molecule has 0 aromatic heterocycles. The first-order valence-electron chi connectivity index (χ1n) is 7.68. The lowest BCUT2D eigenvalue weighted by molar-refractivity contribution is 0.180. The van der Waals surface area contributed by atoms with Gasteiger partial charge in [0, 0.05) is 12.8 Å². The summed E-state index contributed by atoms with van der Waals surface area (Å²) >= 11 is 0. The van der Waals surface area contributed by atoms with Crippen molar-refractivity contribution in [2.24, 2.45) is 16.8 Å². The molecular formula is C18H29NO. The van der Waals surface area contributed by atoms with Crippen LogP contribution in [-0.4, -0.2) is 25.5 Å². The predicted octanol–water partition coefficient (Wildman–Crippen LogP) is 4.39. The molecule has 0 radical (unpaired) electrons. The fourth-order valence-electron chi connectivity index (χ4n) is 2.49. The Morgan fingerprint density at radius 3 is 2.30 bits per heavy atom. The maximum Gasteiger partial charge on any atom is 0.0772 e. The van der Waals surface area contributed by atoms with Crippen LogP contribution in [0.15, 0.2) is 35.3 Å². The van der Waals surface area contributed by atoms with E-state index >= 15 is 0 Å². The summed E-state index contributed by atoms with van der Waals surface area (Å²) in [5.74, 6) is 1.05. The van der Waals surface area contributed by atoms with Gasteiger partial charge in [-0.15, -0.1) is 0 Å². The molecule has 0 aliphatic carbocycles. The van der Waals surface area contributed by atoms with Gasteiger partial charge in [-0.1, -0.05) is 58.0 Å². The molecule has 20 heavy (non-hydrogen) atoms. The molecule has 1 aromatic carbocycles. The number of nitrogens with zero attached hydrogens (tertiary/aromatic N) is 1. The average Bonchev–Trinajstić information content (AvgIpc) is 2.44. The fraction of sp³-hybridized carbons (Fsp3) is 0.611. The Kier molecular flexibility index (Phi) is 7.53. The molecule has 0 bridgehead atoms. The van der Waals surface area contributed by atoms with Crippen molar-refractivity contribution in [1.82, 2.24) is 0 Å². The predicted molar refractivity (Wildman–Crippen MR) is 87.5 cm³/mol. The van der Waals surface area contributed by atoms with Gasteiger partial charge < -0.3 is 4.74 Å². The summed E-state index contributed by atoms with van der Waals surface area (Å²) < 4.78 is 5.36. The maximum absolute atomic E-state index is 5.36. The van der Waals surface area contributed by atoms with Crippen LogP contribution in [-0.2, 0) is 11.2 Å². The molecule has 2 heteroatoms. The van der Waals surface area contributed by atoms with Crippen LogP contribution in [0.5, 0.6) is 0 Å². The number of benzene rings is 1. The lowest BCUT2D eigenvalue weighted by Crippen LogP contribution is -2.24. The summed E-state index contributed by atoms with van der Waals surface area (Å²) in [7, 11) is 1.76. The molecule has 112 valence electrons. The Balaban J connectivity index is 2.88. The molecule has 0 N–H and O–H groups in total. The zero-order chi connectivity index (χ0) is 15.0. The Labute approximate surface area is 124 Å². The minimum absolute atomic E-state index is 0.216. The van der Waals surface area contributed by atoms with Crippen molar-refractivity contribution in [3.8, 4) is 0 Å². The molecule has 1 rings (SSSR count). The van der Waals surface area contributed by atoms with E-state index < -0.39 is 0 Å². The van der Waals surface area contributed by atoms with E-state index in [0.29, 0.717) is 18.4 Å². The highest BCUT2D eigenvalue weighted by atomic mass is 16.5. The van der Waals surface area contributed by atoms with Crippen LogP contribution in [0.25, 0.3) is 0 Å². The molecule has 0 fully saturated rings. The van der Waals surface area contributed by atoms with Crippen LogP contribution in [0.1, 0.15) is 39.7 Å². The van der Waals surface area contributed by atoms with E-state index in [2.05, 4.69) is 58.0 Å². The SMILES string of the molecule is CCC(C)C(=NC(COC)Cc1ccccc1)C(C)C. The summed E-state index contributed by atoms with van der Waals surface area (Å²) in [6, 6.07) is 10.8. The second kappa shape index (κ2) is 8.91. The third kappa shape index (κ3) is 5.46. The van der Waals surface area contributed by atoms with Gasteiger partial charge >= 0.3 is 0 Å². The first kappa shape index (κ1) is 16.9. The third-order valence-corrected chi connectivity index (χ3v) is 3.71. The zero-order valence-electron chi connectivity index (χ0n) is 13.6. The van der Waals surface area contributed by atoms with E-state index in [4.69, 9.17) is 9.73 Å². The number of rotatable bonds is 8. The van der Waals surface area contributed by atoms with Crippen molar-refractivity contribution < 1.29 is 4.74 Å². The zero-order valence-corrected chi connectivity index (χ0v) is 13.6. The highest BCUT2D eigenvalue weighted by molar-refractivity contribution is 5.88. The van der Waals surface area contributed by atoms with Gasteiger partial charge in [-0.3, -0.25) is 4.99 Å². The van der Waals surface area contributed by atoms with Crippen LogP contribution in [0.4, 0.5) is 0 Å². The van der Waals surface area contributed by atoms with Crippen LogP contribution in [0.2, 0.25) is 0 Å². The number of aliphatic imine (C=N–C) groups is 1. The summed E-state index contributed by atoms with van der Waals surface area (Å²) in [6.45, 7) is 9.65. The van der Waals surface area contributed by atoms with Crippen molar-refractivity contribution in [3.63, 3.8) is 0 Å². The minimum Gasteiger partial charge on any atom is -0.382 e. The first-order valence-corrected chi connectivity index (χ1v) is 7.68. The fourth-order valence-corrected chi connectivity index (χ4v) is 2.49. The highest BCUT2D eigenvalue weighted by Gasteiger charge is 2.16. The Bertz CT molecular complexity index is 397. The van der Waals surface area contributed by atoms with Gasteiger partial charge in [0.2, 0.25) is 0 Å². The second-order valence-corrected chi connectivity index (χ2v) is 5.82. The van der Waals surface area contributed by atoms with Gasteiger partial charge in [-0.25, -0.2) is 0 Å². The average molecular weight is 275 g/mol. The normalized spacial score (nSPS) is 15.4. The molecule has 0 heterocycles. The molecule has 0 amide bonds. The van der Waals surface area contributed by atoms with Gasteiger partial charge in [0.1, 0.15) is 0 Å². The summed E-state index contributed by atoms with van der Waals surface area (Å²) in [4.78, 5) is 5.02. The van der Waals surface area contributed by atoms with E-state index in [9.17, 15) is 0 Å². The number of ether oxygens (including phenoxy) is 1. The summed E-state index contributed by atoms with van der Waals surface area (Å²) in [5.41, 5.74) is 2.65. The second-order valence-electron chi connectivity index (χ2n) is 5.82. The molecule has 0 saturated heterocycles. The van der Waals surface area contributed by atoms with Crippen LogP contribution < -0.4 is 0 Å². The van der Waals surface area contributed by atoms with Crippen LogP contribution >= 0.6 is 0 Å². The molecule has 2 unspecified atom stereocenters. The van der Waals surface area contributed by atoms with Gasteiger partial charge in [0.25, 0.3) is 0 Å². The molecule has 2 atom stereocenters. The van der Waals surface area contributed by atoms with Gasteiger partial charge in [0.05, 0.1) is 12.6 Å². The molecule has 0 aliphatic rings. The molecule has 0 saturated carbocycles. The molecule has 1 aromatic rings. The van der Waals surface area contributed by atoms with Crippen molar-refractivity contribution >= 4 is 5.71 Å².